The second kappa shape index (κ2) is 14.4. The number of nitrogens with zero attached hydrogens (tertiary/aromatic N) is 1. The lowest BCUT2D eigenvalue weighted by Gasteiger charge is -2.36. The van der Waals surface area contributed by atoms with Crippen LogP contribution in [0.5, 0.6) is 0 Å². The van der Waals surface area contributed by atoms with Crippen LogP contribution in [0.1, 0.15) is 47.2 Å². The van der Waals surface area contributed by atoms with Crippen LogP contribution < -0.4 is 4.90 Å². The molecule has 298 valence electrons. The Morgan fingerprint density at radius 2 is 0.825 bits per heavy atom. The number of para-hydroxylation sites is 1. The summed E-state index contributed by atoms with van der Waals surface area (Å²) in [7, 11) is 0. The number of fused-ring (bicyclic) bond motifs is 7. The minimum absolute atomic E-state index is 0.163. The Balaban J connectivity index is 1.17. The van der Waals surface area contributed by atoms with Crippen molar-refractivity contribution >= 4 is 27.8 Å². The molecule has 2 aliphatic carbocycles. The first-order valence-electron chi connectivity index (χ1n) is 22.1. The molecule has 12 rings (SSSR count). The van der Waals surface area contributed by atoms with Crippen molar-refractivity contribution in [2.75, 3.05) is 4.90 Å². The third-order valence-electron chi connectivity index (χ3n) is 13.9. The van der Waals surface area contributed by atoms with Gasteiger partial charge in [0, 0.05) is 22.2 Å². The van der Waals surface area contributed by atoms with E-state index in [0.717, 1.165) is 11.4 Å². The minimum Gasteiger partial charge on any atom is -0.309 e. The first-order valence-corrected chi connectivity index (χ1v) is 22.1. The highest BCUT2D eigenvalue weighted by molar-refractivity contribution is 6.09. The van der Waals surface area contributed by atoms with Gasteiger partial charge in [-0.15, -0.1) is 0 Å². The maximum atomic E-state index is 2.56. The van der Waals surface area contributed by atoms with Crippen molar-refractivity contribution < 1.29 is 0 Å². The minimum atomic E-state index is -0.539. The lowest BCUT2D eigenvalue weighted by atomic mass is 9.67. The molecule has 0 aliphatic heterocycles. The molecule has 0 bridgehead atoms. The van der Waals surface area contributed by atoms with E-state index in [1.54, 1.807) is 0 Å². The molecule has 63 heavy (non-hydrogen) atoms. The van der Waals surface area contributed by atoms with Gasteiger partial charge in [-0.2, -0.15) is 0 Å². The first-order chi connectivity index (χ1) is 31.0. The van der Waals surface area contributed by atoms with Gasteiger partial charge in [-0.3, -0.25) is 0 Å². The number of hydrogen-bond donors (Lipinski definition) is 0. The summed E-state index contributed by atoms with van der Waals surface area (Å²) in [6, 6.07) is 87.9. The molecule has 0 atom stereocenters. The van der Waals surface area contributed by atoms with E-state index in [2.05, 4.69) is 255 Å². The van der Waals surface area contributed by atoms with Crippen molar-refractivity contribution in [2.24, 2.45) is 0 Å². The van der Waals surface area contributed by atoms with Crippen LogP contribution in [0, 0.1) is 0 Å². The highest BCUT2D eigenvalue weighted by Gasteiger charge is 2.46. The molecule has 0 saturated heterocycles. The van der Waals surface area contributed by atoms with E-state index < -0.39 is 5.41 Å². The monoisotopic (exact) mass is 803 g/mol. The topological polar surface area (TPSA) is 3.24 Å². The zero-order valence-corrected chi connectivity index (χ0v) is 35.5. The van der Waals surface area contributed by atoms with Crippen molar-refractivity contribution in [3.63, 3.8) is 0 Å². The fourth-order valence-electron chi connectivity index (χ4n) is 11.2. The van der Waals surface area contributed by atoms with E-state index in [0.29, 0.717) is 0 Å². The highest BCUT2D eigenvalue weighted by atomic mass is 15.1. The SMILES string of the molecule is CC1(C)c2ccccc2-c2c(N(c3cccc(C4(c5ccccc5)c5ccccc5-c5ccccc54)c3)c3ccccc3-c3cccc4cccc(-c5ccccc5)c34)cccc21. The van der Waals surface area contributed by atoms with Crippen molar-refractivity contribution in [3.8, 4) is 44.5 Å². The Hall–Kier alpha value is -7.74. The van der Waals surface area contributed by atoms with Crippen LogP contribution in [0.3, 0.4) is 0 Å². The molecular weight excluding hydrogens is 759 g/mol. The van der Waals surface area contributed by atoms with E-state index in [1.165, 1.54) is 94.3 Å². The number of rotatable bonds is 7. The van der Waals surface area contributed by atoms with Gasteiger partial charge in [-0.05, 0) is 102 Å². The largest absolute Gasteiger partial charge is 0.309 e. The smallest absolute Gasteiger partial charge is 0.0714 e. The summed E-state index contributed by atoms with van der Waals surface area (Å²) in [6.07, 6.45) is 0. The van der Waals surface area contributed by atoms with E-state index in [9.17, 15) is 0 Å². The molecule has 0 amide bonds. The zero-order valence-electron chi connectivity index (χ0n) is 35.5. The summed E-state index contributed by atoms with van der Waals surface area (Å²) >= 11 is 0. The molecule has 0 N–H and O–H groups in total. The normalized spacial score (nSPS) is 13.8. The van der Waals surface area contributed by atoms with Crippen LogP contribution in [0.15, 0.2) is 237 Å². The molecule has 1 nitrogen and oxygen atoms in total. The zero-order chi connectivity index (χ0) is 42.1. The van der Waals surface area contributed by atoms with Gasteiger partial charge in [-0.1, -0.05) is 226 Å². The summed E-state index contributed by atoms with van der Waals surface area (Å²) in [5, 5.41) is 2.47. The molecule has 0 heterocycles. The van der Waals surface area contributed by atoms with E-state index >= 15 is 0 Å². The molecule has 0 spiro atoms. The molecule has 0 radical (unpaired) electrons. The predicted molar refractivity (Wildman–Crippen MR) is 264 cm³/mol. The standard InChI is InChI=1S/C62H45N/c1-61(2)53-35-13-11-32-52(53)60-56(61)38-20-40-58(60)63(57-39-16-12-31-50(57)51-34-18-24-43-23-17-33-47(59(43)51)42-21-5-3-6-22-42)46-28-19-27-45(41-46)62(44-25-7-4-8-26-44)54-36-14-9-29-48(54)49-30-10-15-37-55(49)62/h3-41H,1-2H3. The van der Waals surface area contributed by atoms with Crippen molar-refractivity contribution in [1.29, 1.82) is 0 Å². The maximum absolute atomic E-state index is 2.56. The summed E-state index contributed by atoms with van der Waals surface area (Å²) < 4.78 is 0. The van der Waals surface area contributed by atoms with Crippen LogP contribution in [0.25, 0.3) is 55.3 Å². The van der Waals surface area contributed by atoms with Gasteiger partial charge in [0.05, 0.1) is 16.8 Å². The van der Waals surface area contributed by atoms with Gasteiger partial charge in [-0.25, -0.2) is 0 Å². The fourth-order valence-corrected chi connectivity index (χ4v) is 11.2. The fraction of sp³-hybridized carbons (Fsp3) is 0.0645. The van der Waals surface area contributed by atoms with E-state index in [-0.39, 0.29) is 5.41 Å². The summed E-state index contributed by atoms with van der Waals surface area (Å²) in [6.45, 7) is 4.75. The Bertz CT molecular complexity index is 3330. The Kier molecular flexibility index (Phi) is 8.49. The van der Waals surface area contributed by atoms with Gasteiger partial charge in [0.2, 0.25) is 0 Å². The molecule has 0 saturated carbocycles. The van der Waals surface area contributed by atoms with Gasteiger partial charge in [0.1, 0.15) is 0 Å². The Morgan fingerprint density at radius 1 is 0.333 bits per heavy atom. The second-order valence-corrected chi connectivity index (χ2v) is 17.6. The molecular formula is C62H45N. The van der Waals surface area contributed by atoms with Gasteiger partial charge in [0.15, 0.2) is 0 Å². The predicted octanol–water partition coefficient (Wildman–Crippen LogP) is 16.3. The van der Waals surface area contributed by atoms with Gasteiger partial charge >= 0.3 is 0 Å². The van der Waals surface area contributed by atoms with Crippen LogP contribution >= 0.6 is 0 Å². The highest BCUT2D eigenvalue weighted by Crippen LogP contribution is 2.58. The maximum Gasteiger partial charge on any atom is 0.0714 e. The first kappa shape index (κ1) is 37.1. The second-order valence-electron chi connectivity index (χ2n) is 17.6. The Labute approximate surface area is 370 Å². The molecule has 1 heteroatoms. The number of anilines is 3. The van der Waals surface area contributed by atoms with Gasteiger partial charge in [0.25, 0.3) is 0 Å². The van der Waals surface area contributed by atoms with Crippen molar-refractivity contribution in [2.45, 2.75) is 24.7 Å². The summed E-state index contributed by atoms with van der Waals surface area (Å²) in [4.78, 5) is 2.56. The molecule has 10 aromatic rings. The number of benzene rings is 10. The Morgan fingerprint density at radius 3 is 1.54 bits per heavy atom. The molecule has 10 aromatic carbocycles. The van der Waals surface area contributed by atoms with Crippen LogP contribution in [0.4, 0.5) is 17.1 Å². The summed E-state index contributed by atoms with van der Waals surface area (Å²) in [5.74, 6) is 0. The quantitative estimate of drug-likeness (QED) is 0.155. The molecule has 2 aliphatic rings. The van der Waals surface area contributed by atoms with Gasteiger partial charge < -0.3 is 4.90 Å². The average Bonchev–Trinajstić information content (AvgIpc) is 3.78. The lowest BCUT2D eigenvalue weighted by molar-refractivity contribution is 0.660. The molecule has 0 aromatic heterocycles. The van der Waals surface area contributed by atoms with E-state index in [1.807, 2.05) is 0 Å². The van der Waals surface area contributed by atoms with Crippen LogP contribution in [-0.4, -0.2) is 0 Å². The van der Waals surface area contributed by atoms with Crippen molar-refractivity contribution in [1.82, 2.24) is 0 Å². The third-order valence-corrected chi connectivity index (χ3v) is 13.9. The lowest BCUT2D eigenvalue weighted by Crippen LogP contribution is -2.28. The van der Waals surface area contributed by atoms with Crippen LogP contribution in [-0.2, 0) is 10.8 Å². The summed E-state index contributed by atoms with van der Waals surface area (Å²) in [5.41, 5.74) is 20.5. The van der Waals surface area contributed by atoms with Crippen LogP contribution in [0.2, 0.25) is 0 Å². The van der Waals surface area contributed by atoms with Crippen molar-refractivity contribution in [3.05, 3.63) is 270 Å². The van der Waals surface area contributed by atoms with E-state index in [4.69, 9.17) is 0 Å². The third kappa shape index (κ3) is 5.49. The average molecular weight is 804 g/mol. The number of hydrogen-bond acceptors (Lipinski definition) is 1. The molecule has 0 fully saturated rings. The molecule has 0 unspecified atom stereocenters.